The Kier molecular flexibility index (Phi) is 4.19. The largest absolute Gasteiger partial charge is 0.491 e. The number of aryl methyl sites for hydroxylation is 1. The maximum absolute atomic E-state index is 5.88. The van der Waals surface area contributed by atoms with Crippen LogP contribution in [-0.2, 0) is 7.05 Å². The highest BCUT2D eigenvalue weighted by Crippen LogP contribution is 2.19. The molecular formula is C12H15ClN4O. The maximum atomic E-state index is 5.88. The lowest BCUT2D eigenvalue weighted by molar-refractivity contribution is 0.264. The van der Waals surface area contributed by atoms with Gasteiger partial charge in [0, 0.05) is 18.3 Å². The summed E-state index contributed by atoms with van der Waals surface area (Å²) in [5.41, 5.74) is 3.52. The van der Waals surface area contributed by atoms with Gasteiger partial charge in [0.15, 0.2) is 0 Å². The SMILES string of the molecule is Cn1ccc(C(COc2cccc(Cl)c2)NN)n1. The molecule has 0 saturated carbocycles. The predicted molar refractivity (Wildman–Crippen MR) is 70.2 cm³/mol. The van der Waals surface area contributed by atoms with Crippen molar-refractivity contribution in [2.45, 2.75) is 6.04 Å². The Hall–Kier alpha value is -1.56. The molecule has 0 amide bonds. The van der Waals surface area contributed by atoms with Crippen LogP contribution in [0.5, 0.6) is 5.75 Å². The van der Waals surface area contributed by atoms with Gasteiger partial charge >= 0.3 is 0 Å². The topological polar surface area (TPSA) is 65.1 Å². The fourth-order valence-electron chi connectivity index (χ4n) is 1.57. The van der Waals surface area contributed by atoms with Gasteiger partial charge in [-0.05, 0) is 24.3 Å². The van der Waals surface area contributed by atoms with Crippen LogP contribution in [-0.4, -0.2) is 16.4 Å². The number of aromatic nitrogens is 2. The predicted octanol–water partition coefficient (Wildman–Crippen LogP) is 1.66. The van der Waals surface area contributed by atoms with Crippen LogP contribution < -0.4 is 16.0 Å². The van der Waals surface area contributed by atoms with Crippen molar-refractivity contribution in [1.82, 2.24) is 15.2 Å². The quantitative estimate of drug-likeness (QED) is 0.638. The molecule has 1 unspecified atom stereocenters. The average Bonchev–Trinajstić information content (AvgIpc) is 2.77. The van der Waals surface area contributed by atoms with Crippen LogP contribution in [0.1, 0.15) is 11.7 Å². The Balaban J connectivity index is 1.99. The summed E-state index contributed by atoms with van der Waals surface area (Å²) in [5, 5.41) is 4.92. The van der Waals surface area contributed by atoms with E-state index in [1.54, 1.807) is 16.8 Å². The summed E-state index contributed by atoms with van der Waals surface area (Å²) in [7, 11) is 1.86. The number of rotatable bonds is 5. The minimum atomic E-state index is -0.162. The number of hydrogen-bond donors (Lipinski definition) is 2. The first-order valence-corrected chi connectivity index (χ1v) is 5.91. The van der Waals surface area contributed by atoms with Crippen molar-refractivity contribution in [3.8, 4) is 5.75 Å². The Bertz CT molecular complexity index is 514. The zero-order valence-corrected chi connectivity index (χ0v) is 10.8. The molecule has 2 rings (SSSR count). The van der Waals surface area contributed by atoms with E-state index in [1.165, 1.54) is 0 Å². The maximum Gasteiger partial charge on any atom is 0.120 e. The first-order chi connectivity index (χ1) is 8.69. The molecule has 1 atom stereocenters. The van der Waals surface area contributed by atoms with Gasteiger partial charge in [0.05, 0.1) is 11.7 Å². The molecule has 6 heteroatoms. The number of nitrogens with two attached hydrogens (primary N) is 1. The van der Waals surface area contributed by atoms with E-state index in [0.29, 0.717) is 17.4 Å². The number of halogens is 1. The Morgan fingerprint density at radius 1 is 1.50 bits per heavy atom. The molecule has 5 nitrogen and oxygen atoms in total. The molecule has 0 aliphatic heterocycles. The second kappa shape index (κ2) is 5.86. The Morgan fingerprint density at radius 2 is 2.33 bits per heavy atom. The molecule has 1 heterocycles. The van der Waals surface area contributed by atoms with Gasteiger partial charge in [-0.25, -0.2) is 5.43 Å². The monoisotopic (exact) mass is 266 g/mol. The van der Waals surface area contributed by atoms with Crippen LogP contribution in [0.15, 0.2) is 36.5 Å². The van der Waals surface area contributed by atoms with E-state index in [1.807, 2.05) is 31.4 Å². The van der Waals surface area contributed by atoms with Gasteiger partial charge in [-0.3, -0.25) is 10.5 Å². The highest BCUT2D eigenvalue weighted by Gasteiger charge is 2.13. The molecule has 1 aromatic carbocycles. The van der Waals surface area contributed by atoms with Crippen molar-refractivity contribution in [1.29, 1.82) is 0 Å². The molecule has 0 aliphatic carbocycles. The van der Waals surface area contributed by atoms with Gasteiger partial charge in [0.1, 0.15) is 12.4 Å². The van der Waals surface area contributed by atoms with E-state index in [9.17, 15) is 0 Å². The van der Waals surface area contributed by atoms with Crippen LogP contribution in [0.25, 0.3) is 0 Å². The summed E-state index contributed by atoms with van der Waals surface area (Å²) in [5.74, 6) is 6.21. The third kappa shape index (κ3) is 3.22. The number of ether oxygens (including phenoxy) is 1. The number of hydrazine groups is 1. The standard InChI is InChI=1S/C12H15ClN4O/c1-17-6-5-11(16-17)12(15-14)8-18-10-4-2-3-9(13)7-10/h2-7,12,15H,8,14H2,1H3. The normalized spacial score (nSPS) is 12.4. The first-order valence-electron chi connectivity index (χ1n) is 5.53. The highest BCUT2D eigenvalue weighted by atomic mass is 35.5. The molecule has 0 saturated heterocycles. The third-order valence-corrected chi connectivity index (χ3v) is 2.74. The fourth-order valence-corrected chi connectivity index (χ4v) is 1.75. The van der Waals surface area contributed by atoms with Crippen molar-refractivity contribution in [3.63, 3.8) is 0 Å². The van der Waals surface area contributed by atoms with Crippen molar-refractivity contribution in [2.75, 3.05) is 6.61 Å². The first kappa shape index (κ1) is 12.9. The molecule has 0 radical (unpaired) electrons. The smallest absolute Gasteiger partial charge is 0.120 e. The molecular weight excluding hydrogens is 252 g/mol. The minimum Gasteiger partial charge on any atom is -0.491 e. The van der Waals surface area contributed by atoms with Crippen LogP contribution in [0, 0.1) is 0 Å². The lowest BCUT2D eigenvalue weighted by Gasteiger charge is -2.14. The van der Waals surface area contributed by atoms with Crippen molar-refractivity contribution >= 4 is 11.6 Å². The molecule has 0 bridgehead atoms. The highest BCUT2D eigenvalue weighted by molar-refractivity contribution is 6.30. The molecule has 1 aromatic heterocycles. The van der Waals surface area contributed by atoms with E-state index in [4.69, 9.17) is 22.2 Å². The number of nitrogens with zero attached hydrogens (tertiary/aromatic N) is 2. The molecule has 0 fully saturated rings. The van der Waals surface area contributed by atoms with Crippen molar-refractivity contribution in [3.05, 3.63) is 47.2 Å². The Labute approximate surface area is 110 Å². The molecule has 96 valence electrons. The molecule has 2 aromatic rings. The minimum absolute atomic E-state index is 0.162. The zero-order valence-electron chi connectivity index (χ0n) is 10.0. The number of hydrogen-bond acceptors (Lipinski definition) is 4. The molecule has 0 spiro atoms. The van der Waals surface area contributed by atoms with Crippen LogP contribution in [0.2, 0.25) is 5.02 Å². The van der Waals surface area contributed by atoms with Gasteiger partial charge in [-0.1, -0.05) is 17.7 Å². The van der Waals surface area contributed by atoms with Gasteiger partial charge in [-0.2, -0.15) is 5.10 Å². The van der Waals surface area contributed by atoms with Crippen LogP contribution in [0.3, 0.4) is 0 Å². The average molecular weight is 267 g/mol. The van der Waals surface area contributed by atoms with Gasteiger partial charge in [0.2, 0.25) is 0 Å². The fraction of sp³-hybridized carbons (Fsp3) is 0.250. The van der Waals surface area contributed by atoms with E-state index in [0.717, 1.165) is 5.69 Å². The summed E-state index contributed by atoms with van der Waals surface area (Å²) in [4.78, 5) is 0. The molecule has 0 aliphatic rings. The van der Waals surface area contributed by atoms with Gasteiger partial charge < -0.3 is 4.74 Å². The summed E-state index contributed by atoms with van der Waals surface area (Å²) >= 11 is 5.88. The summed E-state index contributed by atoms with van der Waals surface area (Å²) in [6, 6.07) is 8.97. The van der Waals surface area contributed by atoms with Crippen molar-refractivity contribution in [2.24, 2.45) is 12.9 Å². The third-order valence-electron chi connectivity index (χ3n) is 2.51. The molecule has 18 heavy (non-hydrogen) atoms. The summed E-state index contributed by atoms with van der Waals surface area (Å²) in [6.07, 6.45) is 1.86. The van der Waals surface area contributed by atoms with E-state index >= 15 is 0 Å². The van der Waals surface area contributed by atoms with Crippen molar-refractivity contribution < 1.29 is 4.74 Å². The van der Waals surface area contributed by atoms with Crippen LogP contribution in [0.4, 0.5) is 0 Å². The summed E-state index contributed by atoms with van der Waals surface area (Å²) in [6.45, 7) is 0.383. The van der Waals surface area contributed by atoms with Crippen LogP contribution >= 0.6 is 11.6 Å². The van der Waals surface area contributed by atoms with E-state index in [2.05, 4.69) is 10.5 Å². The lowest BCUT2D eigenvalue weighted by Crippen LogP contribution is -2.32. The lowest BCUT2D eigenvalue weighted by atomic mass is 10.2. The van der Waals surface area contributed by atoms with E-state index < -0.39 is 0 Å². The zero-order chi connectivity index (χ0) is 13.0. The second-order valence-corrected chi connectivity index (χ2v) is 4.34. The van der Waals surface area contributed by atoms with Gasteiger partial charge in [0.25, 0.3) is 0 Å². The number of nitrogens with one attached hydrogen (secondary N) is 1. The summed E-state index contributed by atoms with van der Waals surface area (Å²) < 4.78 is 7.35. The second-order valence-electron chi connectivity index (χ2n) is 3.90. The molecule has 3 N–H and O–H groups in total. The van der Waals surface area contributed by atoms with Gasteiger partial charge in [-0.15, -0.1) is 0 Å². The Morgan fingerprint density at radius 3 is 2.94 bits per heavy atom. The number of benzene rings is 1. The van der Waals surface area contributed by atoms with E-state index in [-0.39, 0.29) is 6.04 Å².